The highest BCUT2D eigenvalue weighted by Gasteiger charge is 2.25. The summed E-state index contributed by atoms with van der Waals surface area (Å²) in [6, 6.07) is 3.61. The molecule has 1 fully saturated rings. The highest BCUT2D eigenvalue weighted by molar-refractivity contribution is 7.91. The molecule has 0 radical (unpaired) electrons. The second kappa shape index (κ2) is 4.53. The molecule has 19 heavy (non-hydrogen) atoms. The van der Waals surface area contributed by atoms with Gasteiger partial charge in [-0.25, -0.2) is 8.42 Å². The van der Waals surface area contributed by atoms with Crippen molar-refractivity contribution in [3.05, 3.63) is 23.7 Å². The molecule has 1 atom stereocenters. The van der Waals surface area contributed by atoms with Crippen molar-refractivity contribution in [3.8, 4) is 0 Å². The normalized spacial score (nSPS) is 22.7. The molecule has 3 rings (SSSR count). The van der Waals surface area contributed by atoms with E-state index in [4.69, 9.17) is 0 Å². The molecule has 0 bridgehead atoms. The summed E-state index contributed by atoms with van der Waals surface area (Å²) >= 11 is 0. The highest BCUT2D eigenvalue weighted by atomic mass is 32.2. The van der Waals surface area contributed by atoms with Crippen LogP contribution < -0.4 is 5.32 Å². The number of rotatable bonds is 2. The summed E-state index contributed by atoms with van der Waals surface area (Å²) in [6.45, 7) is 2.39. The van der Waals surface area contributed by atoms with E-state index in [0.29, 0.717) is 24.4 Å². The van der Waals surface area contributed by atoms with Crippen molar-refractivity contribution in [3.63, 3.8) is 0 Å². The molecule has 1 aliphatic heterocycles. The molecule has 1 unspecified atom stereocenters. The lowest BCUT2D eigenvalue weighted by Crippen LogP contribution is -2.46. The number of nitrogens with one attached hydrogen (secondary N) is 1. The lowest BCUT2D eigenvalue weighted by Gasteiger charge is -2.22. The Kier molecular flexibility index (Phi) is 2.98. The van der Waals surface area contributed by atoms with Crippen molar-refractivity contribution in [2.24, 2.45) is 0 Å². The Hall–Kier alpha value is -1.54. The number of aryl methyl sites for hydroxylation is 1. The van der Waals surface area contributed by atoms with Crippen LogP contribution in [0.25, 0.3) is 5.65 Å². The van der Waals surface area contributed by atoms with Gasteiger partial charge in [0.2, 0.25) is 0 Å². The van der Waals surface area contributed by atoms with E-state index in [0.717, 1.165) is 5.69 Å². The number of aromatic nitrogens is 4. The largest absolute Gasteiger partial charge is 0.312 e. The van der Waals surface area contributed by atoms with Gasteiger partial charge in [-0.05, 0) is 19.1 Å². The maximum Gasteiger partial charge on any atom is 0.177 e. The average Bonchev–Trinajstić information content (AvgIpc) is 2.71. The van der Waals surface area contributed by atoms with Crippen molar-refractivity contribution in [1.82, 2.24) is 25.1 Å². The first-order valence-electron chi connectivity index (χ1n) is 6.15. The van der Waals surface area contributed by atoms with Crippen LogP contribution >= 0.6 is 0 Å². The fourth-order valence-electron chi connectivity index (χ4n) is 2.27. The zero-order chi connectivity index (χ0) is 13.5. The van der Waals surface area contributed by atoms with Crippen LogP contribution in [0.1, 0.15) is 11.5 Å². The molecule has 0 aliphatic carbocycles. The quantitative estimate of drug-likeness (QED) is 0.788. The number of hydrogen-bond donors (Lipinski definition) is 1. The number of sulfone groups is 1. The molecule has 0 saturated carbocycles. The fraction of sp³-hybridized carbons (Fsp3) is 0.545. The maximum atomic E-state index is 11.6. The van der Waals surface area contributed by atoms with Crippen LogP contribution in [-0.2, 0) is 16.3 Å². The SMILES string of the molecule is Cc1ccc2nnc(CC3CS(=O)(=O)CCN3)n2n1. The van der Waals surface area contributed by atoms with E-state index in [1.807, 2.05) is 19.1 Å². The van der Waals surface area contributed by atoms with Gasteiger partial charge >= 0.3 is 0 Å². The van der Waals surface area contributed by atoms with Gasteiger partial charge in [0.15, 0.2) is 21.3 Å². The molecule has 0 aromatic carbocycles. The molecule has 1 saturated heterocycles. The minimum Gasteiger partial charge on any atom is -0.312 e. The molecular formula is C11H15N5O2S. The summed E-state index contributed by atoms with van der Waals surface area (Å²) in [5, 5.41) is 15.7. The molecule has 8 heteroatoms. The minimum atomic E-state index is -2.94. The number of fused-ring (bicyclic) bond motifs is 1. The van der Waals surface area contributed by atoms with Crippen molar-refractivity contribution < 1.29 is 8.42 Å². The molecule has 102 valence electrons. The van der Waals surface area contributed by atoms with Crippen LogP contribution in [0, 0.1) is 6.92 Å². The maximum absolute atomic E-state index is 11.6. The Morgan fingerprint density at radius 1 is 1.42 bits per heavy atom. The van der Waals surface area contributed by atoms with Gasteiger partial charge in [-0.1, -0.05) is 0 Å². The van der Waals surface area contributed by atoms with Gasteiger partial charge < -0.3 is 5.32 Å². The van der Waals surface area contributed by atoms with E-state index >= 15 is 0 Å². The number of hydrogen-bond acceptors (Lipinski definition) is 6. The summed E-state index contributed by atoms with van der Waals surface area (Å²) in [6.07, 6.45) is 0.511. The Morgan fingerprint density at radius 3 is 3.05 bits per heavy atom. The summed E-state index contributed by atoms with van der Waals surface area (Å²) in [7, 11) is -2.94. The first kappa shape index (κ1) is 12.5. The van der Waals surface area contributed by atoms with E-state index in [-0.39, 0.29) is 17.5 Å². The predicted molar refractivity (Wildman–Crippen MR) is 69.7 cm³/mol. The van der Waals surface area contributed by atoms with Gasteiger partial charge in [-0.15, -0.1) is 10.2 Å². The standard InChI is InChI=1S/C11H15N5O2S/c1-8-2-3-10-13-14-11(16(10)15-8)6-9-7-19(17,18)5-4-12-9/h2-3,9,12H,4-7H2,1H3. The Balaban J connectivity index is 1.87. The first-order chi connectivity index (χ1) is 9.03. The third-order valence-electron chi connectivity index (χ3n) is 3.19. The molecule has 0 spiro atoms. The Morgan fingerprint density at radius 2 is 2.26 bits per heavy atom. The average molecular weight is 281 g/mol. The van der Waals surface area contributed by atoms with Gasteiger partial charge in [-0.2, -0.15) is 9.61 Å². The van der Waals surface area contributed by atoms with Crippen molar-refractivity contribution in [2.75, 3.05) is 18.1 Å². The highest BCUT2D eigenvalue weighted by Crippen LogP contribution is 2.09. The molecule has 7 nitrogen and oxygen atoms in total. The van der Waals surface area contributed by atoms with E-state index in [1.54, 1.807) is 4.52 Å². The Bertz CT molecular complexity index is 709. The molecule has 0 amide bonds. The summed E-state index contributed by atoms with van der Waals surface area (Å²) in [5.74, 6) is 1.04. The summed E-state index contributed by atoms with van der Waals surface area (Å²) in [4.78, 5) is 0. The second-order valence-electron chi connectivity index (χ2n) is 4.83. The van der Waals surface area contributed by atoms with Crippen molar-refractivity contribution in [2.45, 2.75) is 19.4 Å². The molecule has 1 aliphatic rings. The van der Waals surface area contributed by atoms with Crippen LogP contribution in [0.4, 0.5) is 0 Å². The van der Waals surface area contributed by atoms with Crippen LogP contribution in [0.2, 0.25) is 0 Å². The molecule has 2 aromatic rings. The monoisotopic (exact) mass is 281 g/mol. The number of nitrogens with zero attached hydrogens (tertiary/aromatic N) is 4. The van der Waals surface area contributed by atoms with Crippen LogP contribution in [0.5, 0.6) is 0 Å². The van der Waals surface area contributed by atoms with Gasteiger partial charge in [0.1, 0.15) is 0 Å². The van der Waals surface area contributed by atoms with Crippen molar-refractivity contribution >= 4 is 15.5 Å². The van der Waals surface area contributed by atoms with E-state index in [2.05, 4.69) is 20.6 Å². The van der Waals surface area contributed by atoms with E-state index < -0.39 is 9.84 Å². The van der Waals surface area contributed by atoms with E-state index in [1.165, 1.54) is 0 Å². The fourth-order valence-corrected chi connectivity index (χ4v) is 3.72. The second-order valence-corrected chi connectivity index (χ2v) is 7.06. The van der Waals surface area contributed by atoms with Gasteiger partial charge in [-0.3, -0.25) is 0 Å². The third kappa shape index (κ3) is 2.59. The summed E-state index contributed by atoms with van der Waals surface area (Å²) < 4.78 is 24.9. The lowest BCUT2D eigenvalue weighted by atomic mass is 10.2. The van der Waals surface area contributed by atoms with Crippen molar-refractivity contribution in [1.29, 1.82) is 0 Å². The van der Waals surface area contributed by atoms with Crippen LogP contribution in [0.3, 0.4) is 0 Å². The van der Waals surface area contributed by atoms with Crippen LogP contribution in [-0.4, -0.2) is 52.3 Å². The first-order valence-corrected chi connectivity index (χ1v) is 7.97. The van der Waals surface area contributed by atoms with Gasteiger partial charge in [0, 0.05) is 19.0 Å². The molecule has 1 N–H and O–H groups in total. The smallest absolute Gasteiger partial charge is 0.177 e. The predicted octanol–water partition coefficient (Wildman–Crippen LogP) is -0.638. The minimum absolute atomic E-state index is 0.117. The zero-order valence-electron chi connectivity index (χ0n) is 10.6. The Labute approximate surface area is 111 Å². The third-order valence-corrected chi connectivity index (χ3v) is 4.93. The topological polar surface area (TPSA) is 89.2 Å². The van der Waals surface area contributed by atoms with Gasteiger partial charge in [0.05, 0.1) is 17.2 Å². The van der Waals surface area contributed by atoms with E-state index in [9.17, 15) is 8.42 Å². The molecule has 2 aromatic heterocycles. The van der Waals surface area contributed by atoms with Crippen LogP contribution in [0.15, 0.2) is 12.1 Å². The zero-order valence-corrected chi connectivity index (χ0v) is 11.4. The molecule has 3 heterocycles. The van der Waals surface area contributed by atoms with Gasteiger partial charge in [0.25, 0.3) is 0 Å². The summed E-state index contributed by atoms with van der Waals surface area (Å²) in [5.41, 5.74) is 1.55. The molecular weight excluding hydrogens is 266 g/mol. The lowest BCUT2D eigenvalue weighted by molar-refractivity contribution is 0.505.